The predicted octanol–water partition coefficient (Wildman–Crippen LogP) is 4.28. The number of aromatic nitrogens is 2. The van der Waals surface area contributed by atoms with Crippen molar-refractivity contribution in [2.24, 2.45) is 5.73 Å². The van der Waals surface area contributed by atoms with Crippen LogP contribution in [0.3, 0.4) is 0 Å². The molecule has 0 fully saturated rings. The summed E-state index contributed by atoms with van der Waals surface area (Å²) in [5, 5.41) is 0.923. The smallest absolute Gasteiger partial charge is 0.170 e. The normalized spacial score (nSPS) is 12.8. The maximum atomic E-state index is 13.3. The number of benzene rings is 1. The molecular weight excluding hydrogens is 372 g/mol. The van der Waals surface area contributed by atoms with Crippen LogP contribution in [0.2, 0.25) is 0 Å². The van der Waals surface area contributed by atoms with Crippen molar-refractivity contribution < 1.29 is 8.78 Å². The van der Waals surface area contributed by atoms with Gasteiger partial charge in [-0.1, -0.05) is 0 Å². The molecule has 0 radical (unpaired) electrons. The first-order valence-electron chi connectivity index (χ1n) is 6.56. The Kier molecular flexibility index (Phi) is 4.20. The van der Waals surface area contributed by atoms with Crippen LogP contribution >= 0.6 is 27.3 Å². The largest absolute Gasteiger partial charge is 0.322 e. The summed E-state index contributed by atoms with van der Waals surface area (Å²) in [5.74, 6) is -1.22. The monoisotopic (exact) mass is 383 g/mol. The van der Waals surface area contributed by atoms with Gasteiger partial charge in [-0.2, -0.15) is 0 Å². The van der Waals surface area contributed by atoms with Gasteiger partial charge in [-0.3, -0.25) is 0 Å². The topological polar surface area (TPSA) is 51.8 Å². The van der Waals surface area contributed by atoms with Crippen molar-refractivity contribution in [3.63, 3.8) is 0 Å². The Hall–Kier alpha value is -1.44. The Morgan fingerprint density at radius 2 is 1.86 bits per heavy atom. The maximum absolute atomic E-state index is 13.3. The molecule has 0 aliphatic rings. The van der Waals surface area contributed by atoms with Crippen molar-refractivity contribution >= 4 is 37.6 Å². The predicted molar refractivity (Wildman–Crippen MR) is 86.8 cm³/mol. The molecule has 1 aromatic carbocycles. The second kappa shape index (κ2) is 5.98. The van der Waals surface area contributed by atoms with E-state index in [4.69, 9.17) is 5.73 Å². The average molecular weight is 384 g/mol. The Bertz CT molecular complexity index is 830. The lowest BCUT2D eigenvalue weighted by Crippen LogP contribution is -2.16. The van der Waals surface area contributed by atoms with Gasteiger partial charge in [0.2, 0.25) is 0 Å². The van der Waals surface area contributed by atoms with Gasteiger partial charge in [0.15, 0.2) is 5.65 Å². The quantitative estimate of drug-likeness (QED) is 0.733. The van der Waals surface area contributed by atoms with Crippen LogP contribution in [0.25, 0.3) is 10.3 Å². The third-order valence-corrected chi connectivity index (χ3v) is 4.74. The summed E-state index contributed by atoms with van der Waals surface area (Å²) in [6.45, 7) is 1.91. The molecule has 2 heterocycles. The molecule has 114 valence electrons. The van der Waals surface area contributed by atoms with Gasteiger partial charge in [-0.05, 0) is 53.0 Å². The van der Waals surface area contributed by atoms with Gasteiger partial charge in [0.1, 0.15) is 11.6 Å². The standard InChI is InChI=1S/C15H12BrF2N3S/c1-7-20-15-13(22-7)6-11(16)14(21-15)12(19)4-8-2-9(17)5-10(18)3-8/h2-3,5-6,12H,4,19H2,1H3. The molecule has 1 unspecified atom stereocenters. The fourth-order valence-corrected chi connectivity index (χ4v) is 3.87. The first-order valence-corrected chi connectivity index (χ1v) is 8.17. The summed E-state index contributed by atoms with van der Waals surface area (Å²) in [6, 6.07) is 4.84. The van der Waals surface area contributed by atoms with E-state index >= 15 is 0 Å². The Morgan fingerprint density at radius 3 is 2.55 bits per heavy atom. The highest BCUT2D eigenvalue weighted by molar-refractivity contribution is 9.10. The fraction of sp³-hybridized carbons (Fsp3) is 0.200. The minimum Gasteiger partial charge on any atom is -0.322 e. The van der Waals surface area contributed by atoms with Gasteiger partial charge in [0, 0.05) is 10.5 Å². The Labute approximate surface area is 138 Å². The maximum Gasteiger partial charge on any atom is 0.170 e. The van der Waals surface area contributed by atoms with E-state index in [1.54, 1.807) is 11.3 Å². The highest BCUT2D eigenvalue weighted by Crippen LogP contribution is 2.29. The van der Waals surface area contributed by atoms with E-state index in [0.29, 0.717) is 16.9 Å². The molecule has 7 heteroatoms. The molecule has 0 saturated heterocycles. The number of fused-ring (bicyclic) bond motifs is 1. The molecule has 0 saturated carbocycles. The third kappa shape index (κ3) is 3.16. The highest BCUT2D eigenvalue weighted by Gasteiger charge is 2.16. The minimum absolute atomic E-state index is 0.287. The summed E-state index contributed by atoms with van der Waals surface area (Å²) in [6.07, 6.45) is 0.287. The summed E-state index contributed by atoms with van der Waals surface area (Å²) >= 11 is 5.01. The summed E-state index contributed by atoms with van der Waals surface area (Å²) in [7, 11) is 0. The zero-order valence-corrected chi connectivity index (χ0v) is 14.0. The number of hydrogen-bond acceptors (Lipinski definition) is 4. The number of thiazole rings is 1. The zero-order valence-electron chi connectivity index (χ0n) is 11.6. The van der Waals surface area contributed by atoms with Gasteiger partial charge in [-0.15, -0.1) is 11.3 Å². The summed E-state index contributed by atoms with van der Waals surface area (Å²) < 4.78 is 28.3. The molecular formula is C15H12BrF2N3S. The molecule has 0 aliphatic carbocycles. The van der Waals surface area contributed by atoms with Crippen molar-refractivity contribution in [2.75, 3.05) is 0 Å². The van der Waals surface area contributed by atoms with Crippen LogP contribution in [0.5, 0.6) is 0 Å². The van der Waals surface area contributed by atoms with Gasteiger partial charge in [-0.25, -0.2) is 18.7 Å². The van der Waals surface area contributed by atoms with Crippen LogP contribution < -0.4 is 5.73 Å². The van der Waals surface area contributed by atoms with Crippen LogP contribution in [0.15, 0.2) is 28.7 Å². The SMILES string of the molecule is Cc1nc2nc(C(N)Cc3cc(F)cc(F)c3)c(Br)cc2s1. The van der Waals surface area contributed by atoms with E-state index in [-0.39, 0.29) is 6.42 Å². The van der Waals surface area contributed by atoms with Crippen molar-refractivity contribution in [1.82, 2.24) is 9.97 Å². The zero-order chi connectivity index (χ0) is 15.9. The molecule has 2 N–H and O–H groups in total. The van der Waals surface area contributed by atoms with Gasteiger partial charge >= 0.3 is 0 Å². The first kappa shape index (κ1) is 15.5. The number of nitrogens with two attached hydrogens (primary N) is 1. The van der Waals surface area contributed by atoms with Gasteiger partial charge in [0.05, 0.1) is 21.4 Å². The second-order valence-corrected chi connectivity index (χ2v) is 7.09. The number of pyridine rings is 1. The Balaban J connectivity index is 1.94. The van der Waals surface area contributed by atoms with Crippen molar-refractivity contribution in [1.29, 1.82) is 0 Å². The highest BCUT2D eigenvalue weighted by atomic mass is 79.9. The van der Waals surface area contributed by atoms with Crippen LogP contribution in [0.1, 0.15) is 22.3 Å². The van der Waals surface area contributed by atoms with E-state index < -0.39 is 17.7 Å². The molecule has 0 aliphatic heterocycles. The molecule has 3 rings (SSSR count). The van der Waals surface area contributed by atoms with E-state index in [2.05, 4.69) is 25.9 Å². The van der Waals surface area contributed by atoms with Crippen molar-refractivity contribution in [3.05, 3.63) is 56.6 Å². The van der Waals surface area contributed by atoms with Crippen LogP contribution in [-0.2, 0) is 6.42 Å². The molecule has 3 aromatic rings. The van der Waals surface area contributed by atoms with Gasteiger partial charge < -0.3 is 5.73 Å². The molecule has 0 amide bonds. The number of nitrogens with zero attached hydrogens (tertiary/aromatic N) is 2. The lowest BCUT2D eigenvalue weighted by molar-refractivity contribution is 0.575. The van der Waals surface area contributed by atoms with E-state index in [1.165, 1.54) is 12.1 Å². The lowest BCUT2D eigenvalue weighted by Gasteiger charge is -2.13. The van der Waals surface area contributed by atoms with E-state index in [1.807, 2.05) is 13.0 Å². The minimum atomic E-state index is -0.611. The van der Waals surface area contributed by atoms with E-state index in [0.717, 1.165) is 20.2 Å². The third-order valence-electron chi connectivity index (χ3n) is 3.20. The molecule has 0 spiro atoms. The summed E-state index contributed by atoms with van der Waals surface area (Å²) in [5.41, 5.74) is 7.93. The number of hydrogen-bond donors (Lipinski definition) is 1. The van der Waals surface area contributed by atoms with Crippen LogP contribution in [0.4, 0.5) is 8.78 Å². The van der Waals surface area contributed by atoms with Crippen LogP contribution in [0, 0.1) is 18.6 Å². The fourth-order valence-electron chi connectivity index (χ4n) is 2.30. The molecule has 0 bridgehead atoms. The number of aryl methyl sites for hydroxylation is 1. The number of halogens is 3. The van der Waals surface area contributed by atoms with Crippen LogP contribution in [-0.4, -0.2) is 9.97 Å². The van der Waals surface area contributed by atoms with Crippen molar-refractivity contribution in [3.8, 4) is 0 Å². The van der Waals surface area contributed by atoms with Gasteiger partial charge in [0.25, 0.3) is 0 Å². The number of rotatable bonds is 3. The molecule has 1 atom stereocenters. The lowest BCUT2D eigenvalue weighted by atomic mass is 10.0. The molecule has 3 nitrogen and oxygen atoms in total. The Morgan fingerprint density at radius 1 is 1.18 bits per heavy atom. The first-order chi connectivity index (χ1) is 10.4. The summed E-state index contributed by atoms with van der Waals surface area (Å²) in [4.78, 5) is 8.82. The van der Waals surface area contributed by atoms with Crippen molar-refractivity contribution in [2.45, 2.75) is 19.4 Å². The molecule has 2 aromatic heterocycles. The van der Waals surface area contributed by atoms with E-state index in [9.17, 15) is 8.78 Å². The second-order valence-electron chi connectivity index (χ2n) is 5.00. The average Bonchev–Trinajstić information content (AvgIpc) is 2.75. The molecule has 22 heavy (non-hydrogen) atoms.